The minimum atomic E-state index is -0.203. The van der Waals surface area contributed by atoms with Gasteiger partial charge in [-0.2, -0.15) is 0 Å². The van der Waals surface area contributed by atoms with Gasteiger partial charge >= 0.3 is 0 Å². The highest BCUT2D eigenvalue weighted by atomic mass is 35.5. The van der Waals surface area contributed by atoms with Crippen LogP contribution in [-0.2, 0) is 17.7 Å². The molecule has 7 heteroatoms. The summed E-state index contributed by atoms with van der Waals surface area (Å²) in [7, 11) is 0. The molecule has 1 aromatic carbocycles. The van der Waals surface area contributed by atoms with E-state index < -0.39 is 0 Å². The van der Waals surface area contributed by atoms with Crippen LogP contribution in [0, 0.1) is 0 Å². The first kappa shape index (κ1) is 16.8. The molecule has 23 heavy (non-hydrogen) atoms. The summed E-state index contributed by atoms with van der Waals surface area (Å²) < 4.78 is 7.86. The molecule has 2 aromatic rings. The summed E-state index contributed by atoms with van der Waals surface area (Å²) in [6.45, 7) is 1.61. The van der Waals surface area contributed by atoms with Crippen LogP contribution in [0.4, 0.5) is 0 Å². The summed E-state index contributed by atoms with van der Waals surface area (Å²) in [5, 5.41) is 10.2. The zero-order valence-electron chi connectivity index (χ0n) is 13.1. The number of halogens is 1. The van der Waals surface area contributed by atoms with Gasteiger partial charge in [0.2, 0.25) is 0 Å². The Kier molecular flexibility index (Phi) is 5.58. The maximum absolute atomic E-state index is 6.40. The van der Waals surface area contributed by atoms with Crippen molar-refractivity contribution in [3.8, 4) is 0 Å². The van der Waals surface area contributed by atoms with Gasteiger partial charge in [0, 0.05) is 11.6 Å². The Balaban J connectivity index is 1.77. The fourth-order valence-corrected chi connectivity index (χ4v) is 3.49. The number of nitrogens with two attached hydrogens (primary N) is 1. The van der Waals surface area contributed by atoms with Gasteiger partial charge in [-0.25, -0.2) is 0 Å². The molecular formula is C16H21ClN4OS. The topological polar surface area (TPSA) is 66.0 Å². The minimum Gasteiger partial charge on any atom is -0.376 e. The molecule has 0 spiro atoms. The van der Waals surface area contributed by atoms with Gasteiger partial charge in [0.05, 0.1) is 18.7 Å². The van der Waals surface area contributed by atoms with Crippen LogP contribution in [-0.4, -0.2) is 33.7 Å². The van der Waals surface area contributed by atoms with Gasteiger partial charge in [-0.1, -0.05) is 35.5 Å². The summed E-state index contributed by atoms with van der Waals surface area (Å²) in [4.78, 5) is 0. The van der Waals surface area contributed by atoms with E-state index >= 15 is 0 Å². The fraction of sp³-hybridized carbons (Fsp3) is 0.500. The Morgan fingerprint density at radius 2 is 2.17 bits per heavy atom. The molecule has 5 nitrogen and oxygen atoms in total. The van der Waals surface area contributed by atoms with Gasteiger partial charge in [0.15, 0.2) is 11.0 Å². The van der Waals surface area contributed by atoms with Crippen LogP contribution in [0.5, 0.6) is 0 Å². The third kappa shape index (κ3) is 4.07. The molecule has 0 saturated carbocycles. The Hall–Kier alpha value is -1.08. The molecule has 2 unspecified atom stereocenters. The summed E-state index contributed by atoms with van der Waals surface area (Å²) in [5.74, 6) is 0.819. The lowest BCUT2D eigenvalue weighted by Gasteiger charge is -2.17. The minimum absolute atomic E-state index is 0.203. The van der Waals surface area contributed by atoms with E-state index in [1.54, 1.807) is 11.8 Å². The second kappa shape index (κ2) is 7.66. The number of thioether (sulfide) groups is 1. The zero-order chi connectivity index (χ0) is 16.2. The van der Waals surface area contributed by atoms with Gasteiger partial charge in [-0.15, -0.1) is 10.2 Å². The van der Waals surface area contributed by atoms with Crippen LogP contribution in [0.15, 0.2) is 29.4 Å². The number of benzene rings is 1. The van der Waals surface area contributed by atoms with Crippen molar-refractivity contribution in [1.29, 1.82) is 0 Å². The lowest BCUT2D eigenvalue weighted by atomic mass is 10.1. The summed E-state index contributed by atoms with van der Waals surface area (Å²) in [5.41, 5.74) is 7.54. The molecular weight excluding hydrogens is 332 g/mol. The van der Waals surface area contributed by atoms with E-state index in [1.807, 2.05) is 30.5 Å². The van der Waals surface area contributed by atoms with Crippen LogP contribution in [0.3, 0.4) is 0 Å². The molecule has 0 amide bonds. The molecule has 2 heterocycles. The molecule has 0 aliphatic carbocycles. The molecule has 124 valence electrons. The van der Waals surface area contributed by atoms with Gasteiger partial charge in [-0.05, 0) is 43.2 Å². The van der Waals surface area contributed by atoms with Crippen LogP contribution in [0.25, 0.3) is 0 Å². The van der Waals surface area contributed by atoms with Crippen molar-refractivity contribution in [3.05, 3.63) is 40.7 Å². The van der Waals surface area contributed by atoms with Crippen molar-refractivity contribution < 1.29 is 4.74 Å². The molecule has 1 aromatic heterocycles. The summed E-state index contributed by atoms with van der Waals surface area (Å²) in [6.07, 6.45) is 5.14. The standard InChI is InChI=1S/C16H21ClN4OS/c1-23-16-20-19-15(21(16)10-13-3-2-8-22-13)14(18)9-11-4-6-12(17)7-5-11/h4-7,13-14H,2-3,8-10,18H2,1H3. The molecule has 2 atom stereocenters. The van der Waals surface area contributed by atoms with Crippen molar-refractivity contribution in [2.45, 2.75) is 43.1 Å². The number of aromatic nitrogens is 3. The van der Waals surface area contributed by atoms with Crippen molar-refractivity contribution in [3.63, 3.8) is 0 Å². The van der Waals surface area contributed by atoms with Crippen molar-refractivity contribution >= 4 is 23.4 Å². The Labute approximate surface area is 145 Å². The molecule has 1 aliphatic heterocycles. The highest BCUT2D eigenvalue weighted by molar-refractivity contribution is 7.98. The maximum atomic E-state index is 6.40. The van der Waals surface area contributed by atoms with E-state index in [2.05, 4.69) is 14.8 Å². The first-order valence-electron chi connectivity index (χ1n) is 7.76. The Morgan fingerprint density at radius 3 is 2.83 bits per heavy atom. The first-order valence-corrected chi connectivity index (χ1v) is 9.36. The lowest BCUT2D eigenvalue weighted by Crippen LogP contribution is -2.23. The number of rotatable bonds is 6. The largest absolute Gasteiger partial charge is 0.376 e. The predicted molar refractivity (Wildman–Crippen MR) is 92.9 cm³/mol. The Bertz CT molecular complexity index is 640. The third-order valence-electron chi connectivity index (χ3n) is 4.04. The SMILES string of the molecule is CSc1nnc(C(N)Cc2ccc(Cl)cc2)n1CC1CCCO1. The zero-order valence-corrected chi connectivity index (χ0v) is 14.7. The van der Waals surface area contributed by atoms with Crippen LogP contribution in [0.1, 0.15) is 30.3 Å². The Morgan fingerprint density at radius 1 is 1.39 bits per heavy atom. The van der Waals surface area contributed by atoms with Crippen LogP contribution >= 0.6 is 23.4 Å². The average Bonchev–Trinajstić information content (AvgIpc) is 3.19. The van der Waals surface area contributed by atoms with E-state index in [1.165, 1.54) is 0 Å². The maximum Gasteiger partial charge on any atom is 0.191 e. The van der Waals surface area contributed by atoms with Crippen LogP contribution in [0.2, 0.25) is 5.02 Å². The second-order valence-corrected chi connectivity index (χ2v) is 6.94. The molecule has 2 N–H and O–H groups in total. The molecule has 1 aliphatic rings. The van der Waals surface area contributed by atoms with Crippen molar-refractivity contribution in [2.75, 3.05) is 12.9 Å². The predicted octanol–water partition coefficient (Wildman–Crippen LogP) is 3.07. The average molecular weight is 353 g/mol. The normalized spacial score (nSPS) is 19.2. The van der Waals surface area contributed by atoms with Gasteiger partial charge in [-0.3, -0.25) is 0 Å². The smallest absolute Gasteiger partial charge is 0.191 e. The first-order chi connectivity index (χ1) is 11.2. The number of ether oxygens (including phenoxy) is 1. The van der Waals surface area contributed by atoms with Crippen molar-refractivity contribution in [2.24, 2.45) is 5.73 Å². The molecule has 1 fully saturated rings. The van der Waals surface area contributed by atoms with E-state index in [0.29, 0.717) is 6.42 Å². The highest BCUT2D eigenvalue weighted by Crippen LogP contribution is 2.23. The van der Waals surface area contributed by atoms with Gasteiger partial charge in [0.25, 0.3) is 0 Å². The van der Waals surface area contributed by atoms with Gasteiger partial charge < -0.3 is 15.0 Å². The van der Waals surface area contributed by atoms with E-state index in [9.17, 15) is 0 Å². The molecule has 3 rings (SSSR count). The quantitative estimate of drug-likeness (QED) is 0.809. The fourth-order valence-electron chi connectivity index (χ4n) is 2.85. The van der Waals surface area contributed by atoms with Crippen molar-refractivity contribution in [1.82, 2.24) is 14.8 Å². The van der Waals surface area contributed by atoms with E-state index in [0.717, 1.165) is 47.6 Å². The molecule has 0 radical (unpaired) electrons. The number of hydrogen-bond acceptors (Lipinski definition) is 5. The monoisotopic (exact) mass is 352 g/mol. The summed E-state index contributed by atoms with van der Waals surface area (Å²) >= 11 is 7.52. The molecule has 0 bridgehead atoms. The van der Waals surface area contributed by atoms with Crippen LogP contribution < -0.4 is 5.73 Å². The lowest BCUT2D eigenvalue weighted by molar-refractivity contribution is 0.0939. The van der Waals surface area contributed by atoms with E-state index in [-0.39, 0.29) is 12.1 Å². The summed E-state index contributed by atoms with van der Waals surface area (Å²) in [6, 6.07) is 7.56. The second-order valence-electron chi connectivity index (χ2n) is 5.73. The van der Waals surface area contributed by atoms with Gasteiger partial charge in [0.1, 0.15) is 0 Å². The highest BCUT2D eigenvalue weighted by Gasteiger charge is 2.23. The third-order valence-corrected chi connectivity index (χ3v) is 4.96. The number of hydrogen-bond donors (Lipinski definition) is 1. The molecule has 1 saturated heterocycles. The number of nitrogens with zero attached hydrogens (tertiary/aromatic N) is 3. The van der Waals surface area contributed by atoms with E-state index in [4.69, 9.17) is 22.1 Å².